The van der Waals surface area contributed by atoms with Gasteiger partial charge in [0.1, 0.15) is 11.4 Å². The molecule has 0 aliphatic rings. The number of ether oxygens (including phenoxy) is 1. The zero-order chi connectivity index (χ0) is 19.1. The minimum Gasteiger partial charge on any atom is -0.495 e. The van der Waals surface area contributed by atoms with Crippen molar-refractivity contribution in [2.75, 3.05) is 24.3 Å². The number of carbonyl (C=O) groups excluding carboxylic acids is 1. The monoisotopic (exact) mass is 381 g/mol. The molecule has 0 atom stereocenters. The number of nitrogens with one attached hydrogen (secondary N) is 2. The predicted octanol–water partition coefficient (Wildman–Crippen LogP) is 4.65. The van der Waals surface area contributed by atoms with Gasteiger partial charge in [-0.15, -0.1) is 0 Å². The molecule has 2 aromatic carbocycles. The van der Waals surface area contributed by atoms with Crippen LogP contribution in [-0.2, 0) is 6.42 Å². The van der Waals surface area contributed by atoms with E-state index in [1.165, 1.54) is 5.56 Å². The van der Waals surface area contributed by atoms with Crippen molar-refractivity contribution in [3.63, 3.8) is 0 Å². The summed E-state index contributed by atoms with van der Waals surface area (Å²) < 4.78 is 5.24. The van der Waals surface area contributed by atoms with Crippen LogP contribution in [0, 0.1) is 0 Å². The fraction of sp³-hybridized carbons (Fsp3) is 0.143. The van der Waals surface area contributed by atoms with Gasteiger partial charge in [-0.3, -0.25) is 4.79 Å². The zero-order valence-corrected chi connectivity index (χ0v) is 15.7. The lowest BCUT2D eigenvalue weighted by molar-refractivity contribution is 0.102. The number of benzene rings is 2. The highest BCUT2D eigenvalue weighted by atomic mass is 35.5. The van der Waals surface area contributed by atoms with E-state index in [2.05, 4.69) is 15.6 Å². The molecule has 2 N–H and O–H groups in total. The first-order valence-corrected chi connectivity index (χ1v) is 8.92. The molecule has 1 aromatic heterocycles. The van der Waals surface area contributed by atoms with E-state index in [0.717, 1.165) is 23.7 Å². The smallest absolute Gasteiger partial charge is 0.274 e. The Morgan fingerprint density at radius 3 is 2.56 bits per heavy atom. The van der Waals surface area contributed by atoms with Gasteiger partial charge in [0.15, 0.2) is 0 Å². The topological polar surface area (TPSA) is 63.2 Å². The van der Waals surface area contributed by atoms with Crippen molar-refractivity contribution >= 4 is 28.9 Å². The largest absolute Gasteiger partial charge is 0.495 e. The molecular formula is C21H20ClN3O2. The molecule has 0 saturated heterocycles. The van der Waals surface area contributed by atoms with E-state index in [4.69, 9.17) is 16.3 Å². The average molecular weight is 382 g/mol. The summed E-state index contributed by atoms with van der Waals surface area (Å²) in [6.45, 7) is 0.760. The van der Waals surface area contributed by atoms with Crippen LogP contribution in [0.3, 0.4) is 0 Å². The Kier molecular flexibility index (Phi) is 6.28. The molecule has 0 bridgehead atoms. The third kappa shape index (κ3) is 5.21. The van der Waals surface area contributed by atoms with Crippen LogP contribution in [0.15, 0.2) is 66.9 Å². The summed E-state index contributed by atoms with van der Waals surface area (Å²) in [6, 6.07) is 18.6. The number of methoxy groups -OCH3 is 1. The summed E-state index contributed by atoms with van der Waals surface area (Å²) in [7, 11) is 1.56. The van der Waals surface area contributed by atoms with Crippen molar-refractivity contribution in [1.82, 2.24) is 4.98 Å². The van der Waals surface area contributed by atoms with Crippen molar-refractivity contribution in [1.29, 1.82) is 0 Å². The lowest BCUT2D eigenvalue weighted by atomic mass is 10.1. The van der Waals surface area contributed by atoms with Crippen molar-refractivity contribution < 1.29 is 9.53 Å². The molecular weight excluding hydrogens is 362 g/mol. The summed E-state index contributed by atoms with van der Waals surface area (Å²) in [5.74, 6) is 0.318. The molecule has 0 aliphatic carbocycles. The number of anilines is 2. The van der Waals surface area contributed by atoms with Crippen LogP contribution >= 0.6 is 11.6 Å². The highest BCUT2D eigenvalue weighted by Gasteiger charge is 2.10. The minimum atomic E-state index is -0.285. The van der Waals surface area contributed by atoms with Gasteiger partial charge in [0.25, 0.3) is 5.91 Å². The van der Waals surface area contributed by atoms with Crippen molar-refractivity contribution in [2.45, 2.75) is 6.42 Å². The fourth-order valence-electron chi connectivity index (χ4n) is 2.57. The summed E-state index contributed by atoms with van der Waals surface area (Å²) in [4.78, 5) is 16.6. The van der Waals surface area contributed by atoms with E-state index in [9.17, 15) is 4.79 Å². The SMILES string of the molecule is COc1ccccc1NC(=O)c1ccc(NCCc2ccc(Cl)cc2)cn1. The number of hydrogen-bond acceptors (Lipinski definition) is 4. The summed E-state index contributed by atoms with van der Waals surface area (Å²) in [5.41, 5.74) is 3.01. The lowest BCUT2D eigenvalue weighted by Crippen LogP contribution is -2.14. The molecule has 1 heterocycles. The Labute approximate surface area is 163 Å². The van der Waals surface area contributed by atoms with Gasteiger partial charge in [0.05, 0.1) is 24.7 Å². The maximum absolute atomic E-state index is 12.4. The molecule has 0 radical (unpaired) electrons. The molecule has 3 rings (SSSR count). The Morgan fingerprint density at radius 1 is 1.07 bits per heavy atom. The Balaban J connectivity index is 1.54. The van der Waals surface area contributed by atoms with Gasteiger partial charge >= 0.3 is 0 Å². The van der Waals surface area contributed by atoms with Gasteiger partial charge in [0.2, 0.25) is 0 Å². The molecule has 27 heavy (non-hydrogen) atoms. The Bertz CT molecular complexity index is 896. The molecule has 1 amide bonds. The van der Waals surface area contributed by atoms with Crippen LogP contribution in [-0.4, -0.2) is 24.5 Å². The Hall–Kier alpha value is -3.05. The first-order chi connectivity index (χ1) is 13.2. The minimum absolute atomic E-state index is 0.285. The molecule has 0 unspecified atom stereocenters. The van der Waals surface area contributed by atoms with Gasteiger partial charge in [0, 0.05) is 11.6 Å². The van der Waals surface area contributed by atoms with Gasteiger partial charge in [-0.05, 0) is 48.4 Å². The molecule has 0 spiro atoms. The molecule has 0 aliphatic heterocycles. The molecule has 0 fully saturated rings. The van der Waals surface area contributed by atoms with Crippen molar-refractivity contribution in [2.24, 2.45) is 0 Å². The summed E-state index contributed by atoms with van der Waals surface area (Å²) in [6.07, 6.45) is 2.52. The normalized spacial score (nSPS) is 10.3. The second-order valence-electron chi connectivity index (χ2n) is 5.89. The third-order valence-corrected chi connectivity index (χ3v) is 4.26. The first-order valence-electron chi connectivity index (χ1n) is 8.54. The summed E-state index contributed by atoms with van der Waals surface area (Å²) >= 11 is 5.89. The number of rotatable bonds is 7. The quantitative estimate of drug-likeness (QED) is 0.625. The standard InChI is InChI=1S/C21H20ClN3O2/c1-27-20-5-3-2-4-18(20)25-21(26)19-11-10-17(14-24-19)23-13-12-15-6-8-16(22)9-7-15/h2-11,14,23H,12-13H2,1H3,(H,25,26). The van der Waals surface area contributed by atoms with Crippen LogP contribution in [0.1, 0.15) is 16.1 Å². The number of halogens is 1. The molecule has 6 heteroatoms. The average Bonchev–Trinajstić information content (AvgIpc) is 2.70. The summed E-state index contributed by atoms with van der Waals surface area (Å²) in [5, 5.41) is 6.84. The molecule has 5 nitrogen and oxygen atoms in total. The van der Waals surface area contributed by atoms with Crippen molar-refractivity contribution in [3.8, 4) is 5.75 Å². The van der Waals surface area contributed by atoms with E-state index in [-0.39, 0.29) is 5.91 Å². The molecule has 0 saturated carbocycles. The fourth-order valence-corrected chi connectivity index (χ4v) is 2.70. The Morgan fingerprint density at radius 2 is 1.85 bits per heavy atom. The van der Waals surface area contributed by atoms with E-state index in [1.807, 2.05) is 42.5 Å². The van der Waals surface area contributed by atoms with Crippen LogP contribution in [0.2, 0.25) is 5.02 Å². The zero-order valence-electron chi connectivity index (χ0n) is 14.9. The maximum atomic E-state index is 12.4. The van der Waals surface area contributed by atoms with Gasteiger partial charge in [-0.1, -0.05) is 35.9 Å². The number of nitrogens with zero attached hydrogens (tertiary/aromatic N) is 1. The highest BCUT2D eigenvalue weighted by molar-refractivity contribution is 6.30. The third-order valence-electron chi connectivity index (χ3n) is 4.01. The van der Waals surface area contributed by atoms with E-state index in [0.29, 0.717) is 17.1 Å². The van der Waals surface area contributed by atoms with Crippen LogP contribution in [0.5, 0.6) is 5.75 Å². The number of hydrogen-bond donors (Lipinski definition) is 2. The maximum Gasteiger partial charge on any atom is 0.274 e. The second-order valence-corrected chi connectivity index (χ2v) is 6.33. The van der Waals surface area contributed by atoms with Gasteiger partial charge in [-0.25, -0.2) is 4.98 Å². The van der Waals surface area contributed by atoms with E-state index in [1.54, 1.807) is 31.5 Å². The van der Waals surface area contributed by atoms with Crippen LogP contribution in [0.25, 0.3) is 0 Å². The van der Waals surface area contributed by atoms with E-state index < -0.39 is 0 Å². The lowest BCUT2D eigenvalue weighted by Gasteiger charge is -2.10. The number of amides is 1. The predicted molar refractivity (Wildman–Crippen MR) is 109 cm³/mol. The number of pyridine rings is 1. The highest BCUT2D eigenvalue weighted by Crippen LogP contribution is 2.23. The molecule has 3 aromatic rings. The number of carbonyl (C=O) groups is 1. The van der Waals surface area contributed by atoms with Gasteiger partial charge in [-0.2, -0.15) is 0 Å². The molecule has 138 valence electrons. The van der Waals surface area contributed by atoms with Crippen LogP contribution < -0.4 is 15.4 Å². The number of aromatic nitrogens is 1. The van der Waals surface area contributed by atoms with E-state index >= 15 is 0 Å². The van der Waals surface area contributed by atoms with Gasteiger partial charge < -0.3 is 15.4 Å². The van der Waals surface area contributed by atoms with Crippen LogP contribution in [0.4, 0.5) is 11.4 Å². The second kappa shape index (κ2) is 9.05. The number of para-hydroxylation sites is 2. The van der Waals surface area contributed by atoms with Crippen molar-refractivity contribution in [3.05, 3.63) is 83.1 Å². The first kappa shape index (κ1) is 18.7.